The highest BCUT2D eigenvalue weighted by Crippen LogP contribution is 2.25. The lowest BCUT2D eigenvalue weighted by molar-refractivity contribution is 0.0678. The summed E-state index contributed by atoms with van der Waals surface area (Å²) in [6.07, 6.45) is 0. The normalized spacial score (nSPS) is 10.8. The first-order chi connectivity index (χ1) is 10.5. The Labute approximate surface area is 123 Å². The highest BCUT2D eigenvalue weighted by molar-refractivity contribution is 5.97. The molecule has 22 heavy (non-hydrogen) atoms. The van der Waals surface area contributed by atoms with Crippen molar-refractivity contribution >= 4 is 17.5 Å². The van der Waals surface area contributed by atoms with Crippen LogP contribution in [0.4, 0.5) is 4.39 Å². The molecule has 2 N–H and O–H groups in total. The van der Waals surface area contributed by atoms with E-state index in [1.807, 2.05) is 0 Å². The summed E-state index contributed by atoms with van der Waals surface area (Å²) in [5, 5.41) is 18.5. The molecule has 0 fully saturated rings. The summed E-state index contributed by atoms with van der Waals surface area (Å²) in [5.74, 6) is -2.82. The molecular formula is C15H9FN2O4. The summed E-state index contributed by atoms with van der Waals surface area (Å²) in [6.45, 7) is 0. The maximum Gasteiger partial charge on any atom is 0.356 e. The molecule has 0 unspecified atom stereocenters. The second-order valence-electron chi connectivity index (χ2n) is 4.53. The number of carboxylic acid groups (broad SMARTS) is 2. The Hall–Kier alpha value is -3.22. The van der Waals surface area contributed by atoms with Crippen molar-refractivity contribution in [3.8, 4) is 11.4 Å². The predicted octanol–water partition coefficient (Wildman–Crippen LogP) is 2.54. The Morgan fingerprint density at radius 3 is 2.27 bits per heavy atom. The first-order valence-corrected chi connectivity index (χ1v) is 6.23. The van der Waals surface area contributed by atoms with Crippen molar-refractivity contribution in [2.75, 3.05) is 0 Å². The van der Waals surface area contributed by atoms with Crippen molar-refractivity contribution < 1.29 is 24.2 Å². The monoisotopic (exact) mass is 300 g/mol. The molecule has 0 saturated heterocycles. The molecule has 0 radical (unpaired) electrons. The number of nitrogens with zero attached hydrogens (tertiary/aromatic N) is 2. The summed E-state index contributed by atoms with van der Waals surface area (Å²) >= 11 is 0. The SMILES string of the molecule is O=C(O)c1nc(-c2ccc(F)cc2)n2c(C(=O)O)cccc12. The molecule has 2 heterocycles. The Bertz CT molecular complexity index is 900. The maximum atomic E-state index is 13.0. The van der Waals surface area contributed by atoms with Crippen molar-refractivity contribution in [1.29, 1.82) is 0 Å². The summed E-state index contributed by atoms with van der Waals surface area (Å²) in [7, 11) is 0. The van der Waals surface area contributed by atoms with E-state index in [2.05, 4.69) is 4.98 Å². The third kappa shape index (κ3) is 2.08. The van der Waals surface area contributed by atoms with Crippen molar-refractivity contribution in [2.45, 2.75) is 0 Å². The van der Waals surface area contributed by atoms with Gasteiger partial charge in [-0.25, -0.2) is 19.0 Å². The summed E-state index contributed by atoms with van der Waals surface area (Å²) in [4.78, 5) is 26.7. The first kappa shape index (κ1) is 13.7. The van der Waals surface area contributed by atoms with Gasteiger partial charge in [0.25, 0.3) is 0 Å². The van der Waals surface area contributed by atoms with E-state index in [9.17, 15) is 24.2 Å². The van der Waals surface area contributed by atoms with Crippen molar-refractivity contribution in [1.82, 2.24) is 9.38 Å². The van der Waals surface area contributed by atoms with Gasteiger partial charge < -0.3 is 10.2 Å². The van der Waals surface area contributed by atoms with Crippen LogP contribution in [0, 0.1) is 5.82 Å². The van der Waals surface area contributed by atoms with Crippen LogP contribution in [0.15, 0.2) is 42.5 Å². The zero-order valence-corrected chi connectivity index (χ0v) is 11.0. The van der Waals surface area contributed by atoms with Gasteiger partial charge in [0, 0.05) is 5.56 Å². The molecule has 0 aliphatic rings. The molecule has 0 bridgehead atoms. The number of aromatic carboxylic acids is 2. The van der Waals surface area contributed by atoms with E-state index in [4.69, 9.17) is 0 Å². The molecule has 0 amide bonds. The lowest BCUT2D eigenvalue weighted by Crippen LogP contribution is -2.06. The van der Waals surface area contributed by atoms with E-state index >= 15 is 0 Å². The van der Waals surface area contributed by atoms with Crippen LogP contribution in [-0.4, -0.2) is 31.5 Å². The molecule has 110 valence electrons. The van der Waals surface area contributed by atoms with E-state index in [0.29, 0.717) is 5.56 Å². The number of pyridine rings is 1. The van der Waals surface area contributed by atoms with Gasteiger partial charge in [0.15, 0.2) is 5.69 Å². The van der Waals surface area contributed by atoms with E-state index in [-0.39, 0.29) is 22.7 Å². The zero-order chi connectivity index (χ0) is 15.9. The standard InChI is InChI=1S/C15H9FN2O4/c16-9-6-4-8(5-7-9)13-17-12(15(21)22)10-2-1-3-11(14(19)20)18(10)13/h1-7H,(H,19,20)(H,21,22). The third-order valence-corrected chi connectivity index (χ3v) is 3.19. The van der Waals surface area contributed by atoms with Crippen LogP contribution in [0.5, 0.6) is 0 Å². The number of fused-ring (bicyclic) bond motifs is 1. The highest BCUT2D eigenvalue weighted by atomic mass is 19.1. The van der Waals surface area contributed by atoms with E-state index in [0.717, 1.165) is 0 Å². The van der Waals surface area contributed by atoms with Crippen LogP contribution in [0.2, 0.25) is 0 Å². The fourth-order valence-electron chi connectivity index (χ4n) is 2.25. The summed E-state index contributed by atoms with van der Waals surface area (Å²) < 4.78 is 14.3. The van der Waals surface area contributed by atoms with Gasteiger partial charge in [-0.15, -0.1) is 0 Å². The van der Waals surface area contributed by atoms with Crippen molar-refractivity contribution in [3.05, 3.63) is 59.7 Å². The molecule has 0 atom stereocenters. The van der Waals surface area contributed by atoms with Gasteiger partial charge in [0.2, 0.25) is 0 Å². The number of carbonyl (C=O) groups is 2. The Morgan fingerprint density at radius 2 is 1.68 bits per heavy atom. The summed E-state index contributed by atoms with van der Waals surface area (Å²) in [6, 6.07) is 9.47. The smallest absolute Gasteiger partial charge is 0.356 e. The number of halogens is 1. The molecule has 2 aromatic heterocycles. The minimum Gasteiger partial charge on any atom is -0.477 e. The zero-order valence-electron chi connectivity index (χ0n) is 11.0. The van der Waals surface area contributed by atoms with Gasteiger partial charge in [-0.1, -0.05) is 6.07 Å². The quantitative estimate of drug-likeness (QED) is 0.775. The van der Waals surface area contributed by atoms with Gasteiger partial charge in [-0.05, 0) is 36.4 Å². The van der Waals surface area contributed by atoms with Crippen LogP contribution in [-0.2, 0) is 0 Å². The summed E-state index contributed by atoms with van der Waals surface area (Å²) in [5.41, 5.74) is 0.184. The lowest BCUT2D eigenvalue weighted by atomic mass is 10.2. The maximum absolute atomic E-state index is 13.0. The highest BCUT2D eigenvalue weighted by Gasteiger charge is 2.21. The average molecular weight is 300 g/mol. The molecule has 1 aromatic carbocycles. The van der Waals surface area contributed by atoms with Crippen molar-refractivity contribution in [2.24, 2.45) is 0 Å². The second-order valence-corrected chi connectivity index (χ2v) is 4.53. The average Bonchev–Trinajstić information content (AvgIpc) is 2.87. The van der Waals surface area contributed by atoms with E-state index in [1.165, 1.54) is 46.9 Å². The number of hydrogen-bond acceptors (Lipinski definition) is 3. The first-order valence-electron chi connectivity index (χ1n) is 6.23. The molecule has 3 aromatic rings. The fraction of sp³-hybridized carbons (Fsp3) is 0. The lowest BCUT2D eigenvalue weighted by Gasteiger charge is -2.05. The topological polar surface area (TPSA) is 91.9 Å². The number of imidazole rings is 1. The number of aromatic nitrogens is 2. The Morgan fingerprint density at radius 1 is 1.00 bits per heavy atom. The van der Waals surface area contributed by atoms with Crippen LogP contribution >= 0.6 is 0 Å². The van der Waals surface area contributed by atoms with Crippen LogP contribution in [0.1, 0.15) is 21.0 Å². The number of benzene rings is 1. The molecule has 0 saturated carbocycles. The minimum atomic E-state index is -1.27. The van der Waals surface area contributed by atoms with Gasteiger partial charge >= 0.3 is 11.9 Å². The second kappa shape index (κ2) is 4.96. The molecule has 6 nitrogen and oxygen atoms in total. The molecule has 0 aliphatic heterocycles. The molecule has 7 heteroatoms. The van der Waals surface area contributed by atoms with Crippen LogP contribution in [0.25, 0.3) is 16.9 Å². The molecule has 0 spiro atoms. The predicted molar refractivity (Wildman–Crippen MR) is 74.5 cm³/mol. The van der Waals surface area contributed by atoms with E-state index in [1.54, 1.807) is 0 Å². The van der Waals surface area contributed by atoms with Gasteiger partial charge in [-0.3, -0.25) is 4.40 Å². The van der Waals surface area contributed by atoms with Gasteiger partial charge in [-0.2, -0.15) is 0 Å². The molecule has 3 rings (SSSR count). The van der Waals surface area contributed by atoms with Crippen LogP contribution < -0.4 is 0 Å². The van der Waals surface area contributed by atoms with Crippen LogP contribution in [0.3, 0.4) is 0 Å². The molecule has 0 aliphatic carbocycles. The number of hydrogen-bond donors (Lipinski definition) is 2. The van der Waals surface area contributed by atoms with Gasteiger partial charge in [0.05, 0.1) is 5.52 Å². The largest absolute Gasteiger partial charge is 0.477 e. The molecular weight excluding hydrogens is 291 g/mol. The Balaban J connectivity index is 2.40. The number of rotatable bonds is 3. The fourth-order valence-corrected chi connectivity index (χ4v) is 2.25. The van der Waals surface area contributed by atoms with Gasteiger partial charge in [0.1, 0.15) is 17.3 Å². The minimum absolute atomic E-state index is 0.128. The Kier molecular flexibility index (Phi) is 3.10. The van der Waals surface area contributed by atoms with E-state index < -0.39 is 17.8 Å². The third-order valence-electron chi connectivity index (χ3n) is 3.19. The number of carboxylic acids is 2. The van der Waals surface area contributed by atoms with Crippen molar-refractivity contribution in [3.63, 3.8) is 0 Å².